The first-order chi connectivity index (χ1) is 12.1. The average Bonchev–Trinajstić information content (AvgIpc) is 3.19. The summed E-state index contributed by atoms with van der Waals surface area (Å²) in [5, 5.41) is 3.73. The molecule has 0 unspecified atom stereocenters. The van der Waals surface area contributed by atoms with E-state index in [1.165, 1.54) is 30.6 Å². The molecule has 25 heavy (non-hydrogen) atoms. The van der Waals surface area contributed by atoms with Crippen LogP contribution >= 0.6 is 11.3 Å². The second-order valence-corrected chi connectivity index (χ2v) is 8.62. The number of rotatable bonds is 6. The number of carbonyl (C=O) groups is 2. The summed E-state index contributed by atoms with van der Waals surface area (Å²) < 4.78 is 5.26. The van der Waals surface area contributed by atoms with Gasteiger partial charge in [-0.25, -0.2) is 4.79 Å². The van der Waals surface area contributed by atoms with E-state index in [2.05, 4.69) is 12.2 Å². The van der Waals surface area contributed by atoms with Gasteiger partial charge in [0.1, 0.15) is 5.00 Å². The van der Waals surface area contributed by atoms with E-state index < -0.39 is 0 Å². The first-order valence-electron chi connectivity index (χ1n) is 9.70. The summed E-state index contributed by atoms with van der Waals surface area (Å²) in [5.41, 5.74) is 1.72. The molecule has 1 fully saturated rings. The van der Waals surface area contributed by atoms with Gasteiger partial charge in [-0.15, -0.1) is 11.3 Å². The van der Waals surface area contributed by atoms with Crippen LogP contribution < -0.4 is 5.32 Å². The van der Waals surface area contributed by atoms with E-state index in [1.54, 1.807) is 11.3 Å². The number of hydrogen-bond acceptors (Lipinski definition) is 4. The van der Waals surface area contributed by atoms with Crippen molar-refractivity contribution in [3.63, 3.8) is 0 Å². The van der Waals surface area contributed by atoms with Crippen LogP contribution in [0.4, 0.5) is 5.00 Å². The molecule has 2 aliphatic rings. The zero-order valence-corrected chi connectivity index (χ0v) is 16.2. The SMILES string of the molecule is CCOC(=O)c1c(NC(=O)CCC2CCCC2)sc2c1CC[C@H](C)C2. The van der Waals surface area contributed by atoms with Gasteiger partial charge in [-0.1, -0.05) is 32.6 Å². The molecule has 0 aromatic carbocycles. The van der Waals surface area contributed by atoms with Gasteiger partial charge in [0.15, 0.2) is 0 Å². The predicted octanol–water partition coefficient (Wildman–Crippen LogP) is 4.96. The van der Waals surface area contributed by atoms with E-state index in [1.807, 2.05) is 6.92 Å². The van der Waals surface area contributed by atoms with Crippen LogP contribution in [0.25, 0.3) is 0 Å². The topological polar surface area (TPSA) is 55.4 Å². The minimum Gasteiger partial charge on any atom is -0.462 e. The second-order valence-electron chi connectivity index (χ2n) is 7.51. The molecule has 1 heterocycles. The molecule has 1 aromatic heterocycles. The quantitative estimate of drug-likeness (QED) is 0.727. The van der Waals surface area contributed by atoms with E-state index in [4.69, 9.17) is 4.74 Å². The summed E-state index contributed by atoms with van der Waals surface area (Å²) in [6.07, 6.45) is 9.60. The molecule has 0 bridgehead atoms. The van der Waals surface area contributed by atoms with Crippen LogP contribution in [0.2, 0.25) is 0 Å². The number of ether oxygens (including phenoxy) is 1. The van der Waals surface area contributed by atoms with Crippen molar-refractivity contribution in [2.24, 2.45) is 11.8 Å². The molecule has 0 saturated heterocycles. The number of esters is 1. The zero-order chi connectivity index (χ0) is 17.8. The number of amides is 1. The van der Waals surface area contributed by atoms with Crippen LogP contribution in [-0.4, -0.2) is 18.5 Å². The van der Waals surface area contributed by atoms with Gasteiger partial charge in [-0.2, -0.15) is 0 Å². The lowest BCUT2D eigenvalue weighted by atomic mass is 9.88. The summed E-state index contributed by atoms with van der Waals surface area (Å²) in [6, 6.07) is 0. The molecule has 1 N–H and O–H groups in total. The molecule has 138 valence electrons. The Morgan fingerprint density at radius 2 is 2.00 bits per heavy atom. The average molecular weight is 364 g/mol. The third-order valence-corrected chi connectivity index (χ3v) is 6.67. The fourth-order valence-corrected chi connectivity index (χ4v) is 5.50. The van der Waals surface area contributed by atoms with Crippen molar-refractivity contribution in [3.8, 4) is 0 Å². The Kier molecular flexibility index (Phi) is 6.15. The van der Waals surface area contributed by atoms with Gasteiger partial charge in [0.05, 0.1) is 12.2 Å². The van der Waals surface area contributed by atoms with Gasteiger partial charge in [-0.3, -0.25) is 4.79 Å². The van der Waals surface area contributed by atoms with E-state index in [9.17, 15) is 9.59 Å². The summed E-state index contributed by atoms with van der Waals surface area (Å²) in [4.78, 5) is 26.1. The smallest absolute Gasteiger partial charge is 0.341 e. The van der Waals surface area contributed by atoms with Gasteiger partial charge in [0, 0.05) is 11.3 Å². The Labute approximate surface area is 154 Å². The maximum Gasteiger partial charge on any atom is 0.341 e. The van der Waals surface area contributed by atoms with Crippen LogP contribution in [0, 0.1) is 11.8 Å². The lowest BCUT2D eigenvalue weighted by Crippen LogP contribution is -2.17. The highest BCUT2D eigenvalue weighted by Crippen LogP contribution is 2.40. The molecule has 0 spiro atoms. The molecule has 1 atom stereocenters. The molecule has 3 rings (SSSR count). The van der Waals surface area contributed by atoms with Crippen molar-refractivity contribution in [2.75, 3.05) is 11.9 Å². The standard InChI is InChI=1S/C20H29NO3S/c1-3-24-20(23)18-15-10-8-13(2)12-16(15)25-19(18)21-17(22)11-9-14-6-4-5-7-14/h13-14H,3-12H2,1-2H3,(H,21,22)/t13-/m0/s1. The highest BCUT2D eigenvalue weighted by molar-refractivity contribution is 7.17. The third kappa shape index (κ3) is 4.43. The van der Waals surface area contributed by atoms with Gasteiger partial charge < -0.3 is 10.1 Å². The molecule has 5 heteroatoms. The molecule has 0 aliphatic heterocycles. The van der Waals surface area contributed by atoms with Crippen LogP contribution in [0.1, 0.15) is 79.6 Å². The van der Waals surface area contributed by atoms with Gasteiger partial charge >= 0.3 is 5.97 Å². The predicted molar refractivity (Wildman–Crippen MR) is 101 cm³/mol. The number of anilines is 1. The Morgan fingerprint density at radius 3 is 2.72 bits per heavy atom. The summed E-state index contributed by atoms with van der Waals surface area (Å²) >= 11 is 1.57. The molecule has 0 radical (unpaired) electrons. The first-order valence-corrected chi connectivity index (χ1v) is 10.5. The van der Waals surface area contributed by atoms with Gasteiger partial charge in [0.25, 0.3) is 0 Å². The van der Waals surface area contributed by atoms with E-state index in [-0.39, 0.29) is 11.9 Å². The lowest BCUT2D eigenvalue weighted by Gasteiger charge is -2.18. The molecule has 2 aliphatic carbocycles. The number of nitrogens with one attached hydrogen (secondary N) is 1. The maximum atomic E-state index is 12.5. The van der Waals surface area contributed by atoms with Crippen molar-refractivity contribution in [2.45, 2.75) is 71.6 Å². The Morgan fingerprint density at radius 1 is 1.24 bits per heavy atom. The number of carbonyl (C=O) groups excluding carboxylic acids is 2. The third-order valence-electron chi connectivity index (χ3n) is 5.50. The van der Waals surface area contributed by atoms with Crippen molar-refractivity contribution in [3.05, 3.63) is 16.0 Å². The monoisotopic (exact) mass is 363 g/mol. The van der Waals surface area contributed by atoms with Crippen LogP contribution in [0.3, 0.4) is 0 Å². The van der Waals surface area contributed by atoms with E-state index in [0.29, 0.717) is 35.4 Å². The van der Waals surface area contributed by atoms with Crippen molar-refractivity contribution < 1.29 is 14.3 Å². The maximum absolute atomic E-state index is 12.5. The number of thiophene rings is 1. The largest absolute Gasteiger partial charge is 0.462 e. The van der Waals surface area contributed by atoms with E-state index >= 15 is 0 Å². The van der Waals surface area contributed by atoms with E-state index in [0.717, 1.165) is 31.2 Å². The fourth-order valence-electron chi connectivity index (χ4n) is 4.08. The first kappa shape index (κ1) is 18.4. The van der Waals surface area contributed by atoms with Crippen molar-refractivity contribution in [1.82, 2.24) is 0 Å². The second kappa shape index (κ2) is 8.35. The van der Waals surface area contributed by atoms with Crippen LogP contribution in [-0.2, 0) is 22.4 Å². The lowest BCUT2D eigenvalue weighted by molar-refractivity contribution is -0.116. The highest BCUT2D eigenvalue weighted by atomic mass is 32.1. The van der Waals surface area contributed by atoms with Crippen LogP contribution in [0.5, 0.6) is 0 Å². The normalized spacial score (nSPS) is 20.3. The van der Waals surface area contributed by atoms with Crippen molar-refractivity contribution in [1.29, 1.82) is 0 Å². The molecule has 4 nitrogen and oxygen atoms in total. The zero-order valence-electron chi connectivity index (χ0n) is 15.4. The van der Waals surface area contributed by atoms with Crippen LogP contribution in [0.15, 0.2) is 0 Å². The number of hydrogen-bond donors (Lipinski definition) is 1. The molecular weight excluding hydrogens is 334 g/mol. The van der Waals surface area contributed by atoms with Gasteiger partial charge in [-0.05, 0) is 50.0 Å². The molecule has 1 aromatic rings. The minimum atomic E-state index is -0.291. The molecule has 1 saturated carbocycles. The Bertz CT molecular complexity index is 631. The number of fused-ring (bicyclic) bond motifs is 1. The summed E-state index contributed by atoms with van der Waals surface area (Å²) in [7, 11) is 0. The highest BCUT2D eigenvalue weighted by Gasteiger charge is 2.29. The minimum absolute atomic E-state index is 0.0316. The van der Waals surface area contributed by atoms with Gasteiger partial charge in [0.2, 0.25) is 5.91 Å². The Balaban J connectivity index is 1.72. The summed E-state index contributed by atoms with van der Waals surface area (Å²) in [5.74, 6) is 1.07. The summed E-state index contributed by atoms with van der Waals surface area (Å²) in [6.45, 7) is 4.42. The van der Waals surface area contributed by atoms with Crippen molar-refractivity contribution >= 4 is 28.2 Å². The molecular formula is C20H29NO3S. The Hall–Kier alpha value is -1.36. The molecule has 1 amide bonds. The fraction of sp³-hybridized carbons (Fsp3) is 0.700.